The van der Waals surface area contributed by atoms with Crippen molar-refractivity contribution in [3.8, 4) is 0 Å². The lowest BCUT2D eigenvalue weighted by Crippen LogP contribution is -2.01. The second-order valence-electron chi connectivity index (χ2n) is 4.45. The minimum absolute atomic E-state index is 0.685. The van der Waals surface area contributed by atoms with Gasteiger partial charge in [-0.2, -0.15) is 0 Å². The van der Waals surface area contributed by atoms with Crippen molar-refractivity contribution in [3.05, 3.63) is 53.6 Å². The van der Waals surface area contributed by atoms with Crippen LogP contribution < -0.4 is 5.73 Å². The zero-order valence-corrected chi connectivity index (χ0v) is 10.2. The number of hydrogen-bond donors (Lipinski definition) is 1. The van der Waals surface area contributed by atoms with Crippen LogP contribution in [0, 0.1) is 6.92 Å². The molecule has 0 saturated heterocycles. The Balaban J connectivity index is 2.08. The fourth-order valence-corrected chi connectivity index (χ4v) is 2.11. The molecule has 0 atom stereocenters. The van der Waals surface area contributed by atoms with Crippen molar-refractivity contribution in [2.45, 2.75) is 13.5 Å². The standard InChI is InChI=1S/C14H14N4/c1-10-7-12(15)14-13(8-10)18(17-16-14)9-11-5-3-2-4-6-11/h2-8H,9,15H2,1H3. The molecule has 0 aliphatic carbocycles. The SMILES string of the molecule is Cc1cc(N)c2nnn(Cc3ccccc3)c2c1. The number of nitrogen functional groups attached to an aromatic ring is 1. The van der Waals surface area contributed by atoms with Crippen molar-refractivity contribution in [3.63, 3.8) is 0 Å². The summed E-state index contributed by atoms with van der Waals surface area (Å²) in [5.41, 5.74) is 10.7. The van der Waals surface area contributed by atoms with Crippen molar-refractivity contribution in [2.75, 3.05) is 5.73 Å². The monoisotopic (exact) mass is 238 g/mol. The first-order valence-corrected chi connectivity index (χ1v) is 5.87. The maximum atomic E-state index is 5.95. The van der Waals surface area contributed by atoms with Gasteiger partial charge in [0.2, 0.25) is 0 Å². The van der Waals surface area contributed by atoms with E-state index < -0.39 is 0 Å². The Labute approximate surface area is 105 Å². The average Bonchev–Trinajstić information content (AvgIpc) is 2.74. The minimum Gasteiger partial charge on any atom is -0.397 e. The van der Waals surface area contributed by atoms with E-state index in [0.717, 1.165) is 16.6 Å². The highest BCUT2D eigenvalue weighted by Crippen LogP contribution is 2.21. The molecule has 0 amide bonds. The van der Waals surface area contributed by atoms with Crippen LogP contribution in [0.3, 0.4) is 0 Å². The van der Waals surface area contributed by atoms with Gasteiger partial charge >= 0.3 is 0 Å². The molecule has 1 heterocycles. The molecule has 0 aliphatic heterocycles. The summed E-state index contributed by atoms with van der Waals surface area (Å²) in [5, 5.41) is 8.32. The van der Waals surface area contributed by atoms with E-state index in [2.05, 4.69) is 28.5 Å². The average molecular weight is 238 g/mol. The summed E-state index contributed by atoms with van der Waals surface area (Å²) < 4.78 is 1.88. The number of benzene rings is 2. The van der Waals surface area contributed by atoms with Gasteiger partial charge in [0.25, 0.3) is 0 Å². The van der Waals surface area contributed by atoms with E-state index in [9.17, 15) is 0 Å². The van der Waals surface area contributed by atoms with Gasteiger partial charge in [-0.1, -0.05) is 35.5 Å². The molecule has 3 aromatic rings. The van der Waals surface area contributed by atoms with E-state index in [1.807, 2.05) is 35.9 Å². The highest BCUT2D eigenvalue weighted by Gasteiger charge is 2.08. The maximum Gasteiger partial charge on any atom is 0.136 e. The molecular formula is C14H14N4. The van der Waals surface area contributed by atoms with Crippen LogP contribution >= 0.6 is 0 Å². The van der Waals surface area contributed by atoms with Crippen LogP contribution in [0.25, 0.3) is 11.0 Å². The van der Waals surface area contributed by atoms with Gasteiger partial charge in [0.05, 0.1) is 17.7 Å². The van der Waals surface area contributed by atoms with Gasteiger partial charge in [0.15, 0.2) is 0 Å². The molecule has 0 radical (unpaired) electrons. The van der Waals surface area contributed by atoms with Gasteiger partial charge in [0.1, 0.15) is 5.52 Å². The van der Waals surface area contributed by atoms with Crippen LogP contribution in [0.4, 0.5) is 5.69 Å². The Kier molecular flexibility index (Phi) is 2.48. The molecule has 1 aromatic heterocycles. The largest absolute Gasteiger partial charge is 0.397 e. The fraction of sp³-hybridized carbons (Fsp3) is 0.143. The third kappa shape index (κ3) is 1.82. The van der Waals surface area contributed by atoms with Crippen LogP contribution in [-0.4, -0.2) is 15.0 Å². The lowest BCUT2D eigenvalue weighted by molar-refractivity contribution is 0.670. The van der Waals surface area contributed by atoms with Crippen LogP contribution in [0.5, 0.6) is 0 Å². The van der Waals surface area contributed by atoms with Gasteiger partial charge in [-0.25, -0.2) is 4.68 Å². The topological polar surface area (TPSA) is 56.7 Å². The Morgan fingerprint density at radius 1 is 1.17 bits per heavy atom. The van der Waals surface area contributed by atoms with Crippen LogP contribution in [0.2, 0.25) is 0 Å². The smallest absolute Gasteiger partial charge is 0.136 e. The van der Waals surface area contributed by atoms with Crippen molar-refractivity contribution < 1.29 is 0 Å². The first-order valence-electron chi connectivity index (χ1n) is 5.87. The molecule has 0 spiro atoms. The number of aryl methyl sites for hydroxylation is 1. The van der Waals surface area contributed by atoms with Crippen LogP contribution in [0.1, 0.15) is 11.1 Å². The van der Waals surface area contributed by atoms with Crippen LogP contribution in [-0.2, 0) is 6.54 Å². The fourth-order valence-electron chi connectivity index (χ4n) is 2.11. The molecule has 0 saturated carbocycles. The molecule has 0 fully saturated rings. The van der Waals surface area contributed by atoms with Crippen molar-refractivity contribution in [1.82, 2.24) is 15.0 Å². The highest BCUT2D eigenvalue weighted by molar-refractivity contribution is 5.87. The maximum absolute atomic E-state index is 5.95. The minimum atomic E-state index is 0.685. The first-order chi connectivity index (χ1) is 8.74. The van der Waals surface area contributed by atoms with Crippen LogP contribution in [0.15, 0.2) is 42.5 Å². The molecule has 2 N–H and O–H groups in total. The van der Waals surface area contributed by atoms with Gasteiger partial charge < -0.3 is 5.73 Å². The van der Waals surface area contributed by atoms with Gasteiger partial charge in [0, 0.05) is 0 Å². The van der Waals surface area contributed by atoms with E-state index in [4.69, 9.17) is 5.73 Å². The Bertz CT molecular complexity index is 686. The molecule has 2 aromatic carbocycles. The molecule has 4 heteroatoms. The predicted molar refractivity (Wildman–Crippen MR) is 72.2 cm³/mol. The summed E-state index contributed by atoms with van der Waals surface area (Å²) in [6.07, 6.45) is 0. The summed E-state index contributed by atoms with van der Waals surface area (Å²) >= 11 is 0. The van der Waals surface area contributed by atoms with E-state index in [1.54, 1.807) is 0 Å². The highest BCUT2D eigenvalue weighted by atomic mass is 15.4. The quantitative estimate of drug-likeness (QED) is 0.697. The lowest BCUT2D eigenvalue weighted by Gasteiger charge is -2.03. The van der Waals surface area contributed by atoms with E-state index in [0.29, 0.717) is 12.2 Å². The van der Waals surface area contributed by atoms with E-state index in [1.165, 1.54) is 5.56 Å². The van der Waals surface area contributed by atoms with Crippen molar-refractivity contribution >= 4 is 16.7 Å². The molecule has 0 aliphatic rings. The molecule has 18 heavy (non-hydrogen) atoms. The number of anilines is 1. The Morgan fingerprint density at radius 3 is 2.72 bits per heavy atom. The van der Waals surface area contributed by atoms with Gasteiger partial charge in [-0.15, -0.1) is 5.10 Å². The summed E-state index contributed by atoms with van der Waals surface area (Å²) in [7, 11) is 0. The summed E-state index contributed by atoms with van der Waals surface area (Å²) in [6.45, 7) is 2.73. The normalized spacial score (nSPS) is 10.9. The molecule has 3 rings (SSSR count). The third-order valence-electron chi connectivity index (χ3n) is 2.97. The van der Waals surface area contributed by atoms with Crippen molar-refractivity contribution in [2.24, 2.45) is 0 Å². The number of nitrogens with two attached hydrogens (primary N) is 1. The summed E-state index contributed by atoms with van der Waals surface area (Å²) in [6, 6.07) is 14.2. The number of nitrogens with zero attached hydrogens (tertiary/aromatic N) is 3. The van der Waals surface area contributed by atoms with E-state index in [-0.39, 0.29) is 0 Å². The first kappa shape index (κ1) is 10.8. The molecular weight excluding hydrogens is 224 g/mol. The zero-order valence-electron chi connectivity index (χ0n) is 10.2. The van der Waals surface area contributed by atoms with Crippen molar-refractivity contribution in [1.29, 1.82) is 0 Å². The predicted octanol–water partition coefficient (Wildman–Crippen LogP) is 2.37. The lowest BCUT2D eigenvalue weighted by atomic mass is 10.2. The second kappa shape index (κ2) is 4.14. The summed E-state index contributed by atoms with van der Waals surface area (Å²) in [5.74, 6) is 0. The number of rotatable bonds is 2. The number of aromatic nitrogens is 3. The second-order valence-corrected chi connectivity index (χ2v) is 4.45. The van der Waals surface area contributed by atoms with Gasteiger partial charge in [-0.05, 0) is 30.2 Å². The zero-order chi connectivity index (χ0) is 12.5. The molecule has 4 nitrogen and oxygen atoms in total. The van der Waals surface area contributed by atoms with Gasteiger partial charge in [-0.3, -0.25) is 0 Å². The molecule has 0 bridgehead atoms. The van der Waals surface area contributed by atoms with E-state index >= 15 is 0 Å². The Morgan fingerprint density at radius 2 is 1.94 bits per heavy atom. The molecule has 0 unspecified atom stereocenters. The summed E-state index contributed by atoms with van der Waals surface area (Å²) in [4.78, 5) is 0. The molecule has 90 valence electrons. The number of fused-ring (bicyclic) bond motifs is 1. The Hall–Kier alpha value is -2.36. The number of hydrogen-bond acceptors (Lipinski definition) is 3. The third-order valence-corrected chi connectivity index (χ3v) is 2.97.